The number of ketones is 1. The summed E-state index contributed by atoms with van der Waals surface area (Å²) < 4.78 is 4.08. The van der Waals surface area contributed by atoms with Gasteiger partial charge in [-0.3, -0.25) is 0 Å². The Balaban J connectivity index is -0.000000117. The summed E-state index contributed by atoms with van der Waals surface area (Å²) in [5.74, 6) is 0.167. The number of Topliss-reactive ketones (excluding diaryl/α,β-unsaturated/α-hetero) is 1. The van der Waals surface area contributed by atoms with E-state index in [9.17, 15) is 4.79 Å². The molecule has 0 fully saturated rings. The molecule has 0 amide bonds. The van der Waals surface area contributed by atoms with E-state index in [0.717, 1.165) is 13.2 Å². The number of carbonyl (C=O) groups excluding carboxylic acids is 1. The summed E-state index contributed by atoms with van der Waals surface area (Å²) in [7, 11) is 0. The maximum Gasteiger partial charge on any atom is 0.180 e. The highest BCUT2D eigenvalue weighted by atomic mass is 35.6. The van der Waals surface area contributed by atoms with E-state index in [4.69, 9.17) is 39.5 Å². The van der Waals surface area contributed by atoms with Gasteiger partial charge in [-0.05, 0) is 27.7 Å². The quantitative estimate of drug-likeness (QED) is 0.701. The van der Waals surface area contributed by atoms with Crippen LogP contribution in [0.2, 0.25) is 0 Å². The van der Waals surface area contributed by atoms with Crippen molar-refractivity contribution >= 4 is 40.6 Å². The summed E-state index contributed by atoms with van der Waals surface area (Å²) in [6, 6.07) is 0. The van der Waals surface area contributed by atoms with Crippen molar-refractivity contribution < 1.29 is 9.53 Å². The van der Waals surface area contributed by atoms with Crippen LogP contribution in [-0.2, 0) is 9.53 Å². The van der Waals surface area contributed by atoms with Gasteiger partial charge in [-0.25, -0.2) is 0 Å². The van der Waals surface area contributed by atoms with E-state index in [1.54, 1.807) is 0 Å². The Bertz CT molecular complexity index is 88.6. The van der Waals surface area contributed by atoms with Gasteiger partial charge in [-0.15, -0.1) is 0 Å². The fraction of sp³-hybridized carbons (Fsp3) is 0.875. The number of hydrogen-bond acceptors (Lipinski definition) is 2. The molecule has 82 valence electrons. The highest BCUT2D eigenvalue weighted by Crippen LogP contribution is 2.03. The molecule has 0 aliphatic rings. The molecular formula is C8H17Cl3O2. The Labute approximate surface area is 95.5 Å². The van der Waals surface area contributed by atoms with Gasteiger partial charge in [-0.1, -0.05) is 34.8 Å². The minimum atomic E-state index is -0.750. The summed E-state index contributed by atoms with van der Waals surface area (Å²) in [6.45, 7) is 8.72. The average molecular weight is 252 g/mol. The van der Waals surface area contributed by atoms with Crippen molar-refractivity contribution in [3.63, 3.8) is 0 Å². The molecule has 0 radical (unpaired) electrons. The fourth-order valence-electron chi connectivity index (χ4n) is 0.204. The first-order valence-corrected chi connectivity index (χ1v) is 5.16. The molecule has 0 bridgehead atoms. The highest BCUT2D eigenvalue weighted by Gasteiger charge is 1.78. The van der Waals surface area contributed by atoms with Gasteiger partial charge < -0.3 is 9.53 Å². The molecule has 0 aromatic heterocycles. The van der Waals surface area contributed by atoms with E-state index in [0.29, 0.717) is 0 Å². The minimum absolute atomic E-state index is 0.167. The fourth-order valence-corrected chi connectivity index (χ4v) is 0.204. The van der Waals surface area contributed by atoms with Crippen LogP contribution < -0.4 is 0 Å². The normalized spacial score (nSPS) is 8.00. The van der Waals surface area contributed by atoms with Crippen LogP contribution >= 0.6 is 34.8 Å². The lowest BCUT2D eigenvalue weighted by Gasteiger charge is -1.86. The topological polar surface area (TPSA) is 26.3 Å². The van der Waals surface area contributed by atoms with Crippen molar-refractivity contribution in [3.05, 3.63) is 0 Å². The van der Waals surface area contributed by atoms with Crippen LogP contribution in [0.25, 0.3) is 0 Å². The molecule has 0 heterocycles. The molecule has 0 unspecified atom stereocenters. The molecule has 0 aromatic carbocycles. The Kier molecular flexibility index (Phi) is 27.0. The first kappa shape index (κ1) is 19.1. The zero-order valence-corrected chi connectivity index (χ0v) is 10.7. The molecule has 0 saturated carbocycles. The molecule has 0 atom stereocenters. The standard InChI is InChI=1S/C4H10O.C3H6O.CHCl3/c1-3-5-4-2;1-3(2)4;2-1(3)4/h3-4H2,1-2H3;1-2H3;1H. The van der Waals surface area contributed by atoms with Crippen LogP contribution in [-0.4, -0.2) is 23.3 Å². The Morgan fingerprint density at radius 2 is 1.31 bits per heavy atom. The van der Waals surface area contributed by atoms with Crippen molar-refractivity contribution in [3.8, 4) is 0 Å². The molecule has 0 aliphatic carbocycles. The second kappa shape index (κ2) is 18.3. The van der Waals surface area contributed by atoms with Crippen LogP contribution in [0.5, 0.6) is 0 Å². The van der Waals surface area contributed by atoms with E-state index in [1.807, 2.05) is 13.8 Å². The zero-order valence-electron chi connectivity index (χ0n) is 8.44. The number of rotatable bonds is 2. The van der Waals surface area contributed by atoms with Gasteiger partial charge in [0.2, 0.25) is 0 Å². The maximum atomic E-state index is 9.44. The van der Waals surface area contributed by atoms with E-state index >= 15 is 0 Å². The molecule has 0 aliphatic heterocycles. The van der Waals surface area contributed by atoms with Gasteiger partial charge in [0.25, 0.3) is 0 Å². The third kappa shape index (κ3) is 220. The van der Waals surface area contributed by atoms with E-state index in [2.05, 4.69) is 0 Å². The predicted octanol–water partition coefficient (Wildman–Crippen LogP) is 3.62. The minimum Gasteiger partial charge on any atom is -0.382 e. The number of ether oxygens (including phenoxy) is 1. The molecule has 0 aromatic rings. The summed E-state index contributed by atoms with van der Waals surface area (Å²) in [5, 5.41) is 0. The van der Waals surface area contributed by atoms with Crippen LogP contribution in [0.4, 0.5) is 0 Å². The van der Waals surface area contributed by atoms with Crippen molar-refractivity contribution in [2.75, 3.05) is 13.2 Å². The van der Waals surface area contributed by atoms with Crippen molar-refractivity contribution in [2.24, 2.45) is 0 Å². The van der Waals surface area contributed by atoms with E-state index in [-0.39, 0.29) is 5.78 Å². The second-order valence-corrected chi connectivity index (χ2v) is 3.92. The zero-order chi connectivity index (χ0) is 11.3. The van der Waals surface area contributed by atoms with Crippen LogP contribution in [0.15, 0.2) is 0 Å². The summed E-state index contributed by atoms with van der Waals surface area (Å²) >= 11 is 14.4. The Morgan fingerprint density at radius 3 is 1.31 bits per heavy atom. The van der Waals surface area contributed by atoms with E-state index < -0.39 is 4.30 Å². The van der Waals surface area contributed by atoms with Crippen LogP contribution in [0, 0.1) is 0 Å². The number of hydrogen-bond donors (Lipinski definition) is 0. The Morgan fingerprint density at radius 1 is 1.15 bits per heavy atom. The lowest BCUT2D eigenvalue weighted by molar-refractivity contribution is -0.114. The smallest absolute Gasteiger partial charge is 0.180 e. The van der Waals surface area contributed by atoms with Crippen molar-refractivity contribution in [1.29, 1.82) is 0 Å². The Hall–Kier alpha value is 0.500. The molecule has 0 saturated heterocycles. The lowest BCUT2D eigenvalue weighted by Crippen LogP contribution is -1.84. The maximum absolute atomic E-state index is 9.44. The summed E-state index contributed by atoms with van der Waals surface area (Å²) in [6.07, 6.45) is 0. The van der Waals surface area contributed by atoms with Crippen molar-refractivity contribution in [1.82, 2.24) is 0 Å². The third-order valence-corrected chi connectivity index (χ3v) is 0.408. The number of halogens is 3. The molecule has 0 rings (SSSR count). The highest BCUT2D eigenvalue weighted by molar-refractivity contribution is 6.63. The molecule has 0 spiro atoms. The van der Waals surface area contributed by atoms with Gasteiger partial charge in [0.15, 0.2) is 4.30 Å². The number of carbonyl (C=O) groups is 1. The molecule has 5 heteroatoms. The van der Waals surface area contributed by atoms with Crippen LogP contribution in [0.3, 0.4) is 0 Å². The van der Waals surface area contributed by atoms with Crippen LogP contribution in [0.1, 0.15) is 27.7 Å². The molecule has 0 N–H and O–H groups in total. The summed E-state index contributed by atoms with van der Waals surface area (Å²) in [4.78, 5) is 9.44. The van der Waals surface area contributed by atoms with E-state index in [1.165, 1.54) is 13.8 Å². The van der Waals surface area contributed by atoms with Gasteiger partial charge in [-0.2, -0.15) is 0 Å². The average Bonchev–Trinajstić information content (AvgIpc) is 1.86. The van der Waals surface area contributed by atoms with Gasteiger partial charge in [0.1, 0.15) is 5.78 Å². The predicted molar refractivity (Wildman–Crippen MR) is 59.9 cm³/mol. The summed E-state index contributed by atoms with van der Waals surface area (Å²) in [5.41, 5.74) is 0. The van der Waals surface area contributed by atoms with Gasteiger partial charge in [0, 0.05) is 13.2 Å². The number of alkyl halides is 3. The SMILES string of the molecule is CC(C)=O.CCOCC.ClC(Cl)Cl. The first-order valence-electron chi connectivity index (χ1n) is 3.85. The lowest BCUT2D eigenvalue weighted by atomic mass is 10.6. The van der Waals surface area contributed by atoms with Crippen molar-refractivity contribution in [2.45, 2.75) is 32.0 Å². The third-order valence-electron chi connectivity index (χ3n) is 0.408. The monoisotopic (exact) mass is 250 g/mol. The largest absolute Gasteiger partial charge is 0.382 e. The molecule has 13 heavy (non-hydrogen) atoms. The van der Waals surface area contributed by atoms with Gasteiger partial charge >= 0.3 is 0 Å². The first-order chi connectivity index (χ1) is 5.88. The second-order valence-electron chi connectivity index (χ2n) is 1.94. The van der Waals surface area contributed by atoms with Gasteiger partial charge in [0.05, 0.1) is 0 Å². The molecular weight excluding hydrogens is 234 g/mol. The molecule has 2 nitrogen and oxygen atoms in total.